The van der Waals surface area contributed by atoms with Gasteiger partial charge in [0.05, 0.1) is 24.0 Å². The highest BCUT2D eigenvalue weighted by molar-refractivity contribution is 7.89. The first kappa shape index (κ1) is 22.3. The second kappa shape index (κ2) is 10.1. The van der Waals surface area contributed by atoms with Gasteiger partial charge in [-0.3, -0.25) is 4.79 Å². The van der Waals surface area contributed by atoms with Crippen LogP contribution in [0.1, 0.15) is 44.2 Å². The Morgan fingerprint density at radius 2 is 1.87 bits per heavy atom. The number of nitrogens with one attached hydrogen (secondary N) is 1. The molecule has 2 unspecified atom stereocenters. The number of ether oxygens (including phenoxy) is 1. The second-order valence-corrected chi connectivity index (χ2v) is 9.58. The number of amides is 1. The lowest BCUT2D eigenvalue weighted by atomic mass is 9.96. The molecule has 7 heteroatoms. The summed E-state index contributed by atoms with van der Waals surface area (Å²) in [6.07, 6.45) is 3.14. The van der Waals surface area contributed by atoms with Gasteiger partial charge in [-0.25, -0.2) is 8.42 Å². The molecule has 162 valence electrons. The van der Waals surface area contributed by atoms with Crippen molar-refractivity contribution in [2.24, 2.45) is 5.92 Å². The second-order valence-electron chi connectivity index (χ2n) is 7.64. The van der Waals surface area contributed by atoms with Crippen LogP contribution in [0.4, 0.5) is 0 Å². The van der Waals surface area contributed by atoms with Gasteiger partial charge in [-0.05, 0) is 49.1 Å². The predicted molar refractivity (Wildman–Crippen MR) is 117 cm³/mol. The van der Waals surface area contributed by atoms with E-state index < -0.39 is 10.0 Å². The van der Waals surface area contributed by atoms with Crippen LogP contribution in [0, 0.1) is 5.92 Å². The molecule has 1 heterocycles. The number of benzene rings is 2. The van der Waals surface area contributed by atoms with E-state index in [9.17, 15) is 13.2 Å². The normalized spacial score (nSPS) is 18.5. The highest BCUT2D eigenvalue weighted by Gasteiger charge is 2.34. The lowest BCUT2D eigenvalue weighted by Crippen LogP contribution is -2.46. The third kappa shape index (κ3) is 5.21. The lowest BCUT2D eigenvalue weighted by molar-refractivity contribution is -0.126. The summed E-state index contributed by atoms with van der Waals surface area (Å²) in [4.78, 5) is 13.2. The Labute approximate surface area is 179 Å². The maximum atomic E-state index is 13.1. The summed E-state index contributed by atoms with van der Waals surface area (Å²) in [6, 6.07) is 16.2. The SMILES string of the molecule is CCCC(NC(=O)C1CCCN(S(=O)(=O)c2ccc(OC)cc2)C1)c1ccccc1. The maximum absolute atomic E-state index is 13.1. The number of sulfonamides is 1. The zero-order valence-electron chi connectivity index (χ0n) is 17.6. The number of nitrogens with zero attached hydrogens (tertiary/aromatic N) is 1. The van der Waals surface area contributed by atoms with Crippen molar-refractivity contribution in [1.29, 1.82) is 0 Å². The van der Waals surface area contributed by atoms with E-state index >= 15 is 0 Å². The first-order valence-corrected chi connectivity index (χ1v) is 11.9. The van der Waals surface area contributed by atoms with Crippen molar-refractivity contribution < 1.29 is 17.9 Å². The Kier molecular flexibility index (Phi) is 7.50. The molecule has 0 aromatic heterocycles. The van der Waals surface area contributed by atoms with Crippen LogP contribution in [0.25, 0.3) is 0 Å². The van der Waals surface area contributed by atoms with Crippen LogP contribution in [0.5, 0.6) is 5.75 Å². The summed E-state index contributed by atoms with van der Waals surface area (Å²) in [5, 5.41) is 3.15. The average molecular weight is 431 g/mol. The van der Waals surface area contributed by atoms with Crippen molar-refractivity contribution in [3.8, 4) is 5.75 Å². The summed E-state index contributed by atoms with van der Waals surface area (Å²) < 4.78 is 32.6. The molecule has 0 aliphatic carbocycles. The van der Waals surface area contributed by atoms with E-state index in [-0.39, 0.29) is 29.3 Å². The Morgan fingerprint density at radius 3 is 2.50 bits per heavy atom. The summed E-state index contributed by atoms with van der Waals surface area (Å²) in [7, 11) is -2.11. The number of piperidine rings is 1. The number of rotatable bonds is 8. The fraction of sp³-hybridized carbons (Fsp3) is 0.435. The molecule has 6 nitrogen and oxygen atoms in total. The molecule has 1 fully saturated rings. The average Bonchev–Trinajstić information content (AvgIpc) is 2.79. The Balaban J connectivity index is 1.70. The van der Waals surface area contributed by atoms with Gasteiger partial charge < -0.3 is 10.1 Å². The van der Waals surface area contributed by atoms with Gasteiger partial charge in [0, 0.05) is 13.1 Å². The monoisotopic (exact) mass is 430 g/mol. The zero-order valence-corrected chi connectivity index (χ0v) is 18.4. The zero-order chi connectivity index (χ0) is 21.6. The van der Waals surface area contributed by atoms with Crippen molar-refractivity contribution >= 4 is 15.9 Å². The minimum atomic E-state index is -3.65. The van der Waals surface area contributed by atoms with Crippen molar-refractivity contribution in [2.75, 3.05) is 20.2 Å². The number of carbonyl (C=O) groups is 1. The molecular formula is C23H30N2O4S. The van der Waals surface area contributed by atoms with E-state index in [2.05, 4.69) is 12.2 Å². The van der Waals surface area contributed by atoms with Crippen LogP contribution in [0.2, 0.25) is 0 Å². The number of hydrogen-bond acceptors (Lipinski definition) is 4. The van der Waals surface area contributed by atoms with Gasteiger partial charge in [0.2, 0.25) is 15.9 Å². The molecule has 3 rings (SSSR count). The molecular weight excluding hydrogens is 400 g/mol. The Morgan fingerprint density at radius 1 is 1.17 bits per heavy atom. The first-order chi connectivity index (χ1) is 14.5. The van der Waals surface area contributed by atoms with E-state index in [1.807, 2.05) is 30.3 Å². The van der Waals surface area contributed by atoms with Gasteiger partial charge in [0.1, 0.15) is 5.75 Å². The molecule has 2 aromatic rings. The van der Waals surface area contributed by atoms with Crippen LogP contribution >= 0.6 is 0 Å². The smallest absolute Gasteiger partial charge is 0.243 e. The van der Waals surface area contributed by atoms with Crippen LogP contribution in [-0.4, -0.2) is 38.8 Å². The number of carbonyl (C=O) groups excluding carboxylic acids is 1. The van der Waals surface area contributed by atoms with Gasteiger partial charge in [-0.15, -0.1) is 0 Å². The maximum Gasteiger partial charge on any atom is 0.243 e. The quantitative estimate of drug-likeness (QED) is 0.692. The van der Waals surface area contributed by atoms with E-state index in [1.165, 1.54) is 4.31 Å². The fourth-order valence-corrected chi connectivity index (χ4v) is 5.38. The van der Waals surface area contributed by atoms with E-state index in [0.717, 1.165) is 18.4 Å². The van der Waals surface area contributed by atoms with E-state index in [1.54, 1.807) is 31.4 Å². The third-order valence-corrected chi connectivity index (χ3v) is 7.43. The largest absolute Gasteiger partial charge is 0.497 e. The van der Waals surface area contributed by atoms with Gasteiger partial charge in [0.25, 0.3) is 0 Å². The minimum Gasteiger partial charge on any atom is -0.497 e. The molecule has 30 heavy (non-hydrogen) atoms. The fourth-order valence-electron chi connectivity index (χ4n) is 3.86. The molecule has 2 aromatic carbocycles. The van der Waals surface area contributed by atoms with Crippen molar-refractivity contribution in [3.05, 3.63) is 60.2 Å². The number of methoxy groups -OCH3 is 1. The van der Waals surface area contributed by atoms with Crippen molar-refractivity contribution in [1.82, 2.24) is 9.62 Å². The number of hydrogen-bond donors (Lipinski definition) is 1. The predicted octanol–water partition coefficient (Wildman–Crippen LogP) is 3.75. The lowest BCUT2D eigenvalue weighted by Gasteiger charge is -2.32. The van der Waals surface area contributed by atoms with Gasteiger partial charge in [-0.1, -0.05) is 43.7 Å². The van der Waals surface area contributed by atoms with Crippen LogP contribution in [0.15, 0.2) is 59.5 Å². The minimum absolute atomic E-state index is 0.0581. The molecule has 1 N–H and O–H groups in total. The molecule has 1 aliphatic heterocycles. The van der Waals surface area contributed by atoms with Crippen molar-refractivity contribution in [2.45, 2.75) is 43.5 Å². The first-order valence-electron chi connectivity index (χ1n) is 10.4. The van der Waals surface area contributed by atoms with Crippen molar-refractivity contribution in [3.63, 3.8) is 0 Å². The molecule has 0 radical (unpaired) electrons. The van der Waals surface area contributed by atoms with Crippen LogP contribution in [-0.2, 0) is 14.8 Å². The molecule has 2 atom stereocenters. The summed E-state index contributed by atoms with van der Waals surface area (Å²) in [5.74, 6) is 0.175. The van der Waals surface area contributed by atoms with E-state index in [4.69, 9.17) is 4.74 Å². The molecule has 1 saturated heterocycles. The third-order valence-electron chi connectivity index (χ3n) is 5.55. The molecule has 1 aliphatic rings. The van der Waals surface area contributed by atoms with Gasteiger partial charge in [-0.2, -0.15) is 4.31 Å². The van der Waals surface area contributed by atoms with Gasteiger partial charge >= 0.3 is 0 Å². The molecule has 0 bridgehead atoms. The summed E-state index contributed by atoms with van der Waals surface area (Å²) in [5.41, 5.74) is 1.08. The summed E-state index contributed by atoms with van der Waals surface area (Å²) in [6.45, 7) is 2.72. The molecule has 0 saturated carbocycles. The topological polar surface area (TPSA) is 75.7 Å². The highest BCUT2D eigenvalue weighted by atomic mass is 32.2. The van der Waals surface area contributed by atoms with E-state index in [0.29, 0.717) is 25.1 Å². The Bertz CT molecular complexity index is 929. The summed E-state index contributed by atoms with van der Waals surface area (Å²) >= 11 is 0. The highest BCUT2D eigenvalue weighted by Crippen LogP contribution is 2.26. The van der Waals surface area contributed by atoms with Gasteiger partial charge in [0.15, 0.2) is 0 Å². The van der Waals surface area contributed by atoms with Crippen LogP contribution in [0.3, 0.4) is 0 Å². The Hall–Kier alpha value is -2.38. The molecule has 1 amide bonds. The standard InChI is InChI=1S/C23H30N2O4S/c1-3-8-22(18-9-5-4-6-10-18)24-23(26)19-11-7-16-25(17-19)30(27,28)21-14-12-20(29-2)13-15-21/h4-6,9-10,12-15,19,22H,3,7-8,11,16-17H2,1-2H3,(H,24,26). The van der Waals surface area contributed by atoms with Crippen LogP contribution < -0.4 is 10.1 Å². The molecule has 0 spiro atoms.